The number of nitriles is 1. The van der Waals surface area contributed by atoms with Gasteiger partial charge in [0.1, 0.15) is 6.07 Å². The first-order chi connectivity index (χ1) is 18.0. The number of nitrogens with one attached hydrogen (secondary N) is 2. The number of ether oxygens (including phenoxy) is 1. The van der Waals surface area contributed by atoms with Gasteiger partial charge in [-0.2, -0.15) is 5.26 Å². The highest BCUT2D eigenvalue weighted by molar-refractivity contribution is 7.92. The number of sulfone groups is 1. The number of aromatic nitrogens is 1. The molecule has 188 valence electrons. The average molecular weight is 512 g/mol. The third kappa shape index (κ3) is 4.63. The first-order valence-electron chi connectivity index (χ1n) is 12.8. The first kappa shape index (κ1) is 23.8. The van der Waals surface area contributed by atoms with Gasteiger partial charge in [0.15, 0.2) is 9.84 Å². The minimum Gasteiger partial charge on any atom is -0.382 e. The number of anilines is 1. The lowest BCUT2D eigenvalue weighted by atomic mass is 9.94. The summed E-state index contributed by atoms with van der Waals surface area (Å²) >= 11 is 0. The van der Waals surface area contributed by atoms with Crippen LogP contribution >= 0.6 is 0 Å². The summed E-state index contributed by atoms with van der Waals surface area (Å²) in [6.07, 6.45) is 4.67. The summed E-state index contributed by atoms with van der Waals surface area (Å²) in [5.41, 5.74) is 5.79. The molecule has 2 heterocycles. The summed E-state index contributed by atoms with van der Waals surface area (Å²) in [4.78, 5) is 3.48. The fourth-order valence-corrected chi connectivity index (χ4v) is 7.25. The molecule has 3 aromatic carbocycles. The highest BCUT2D eigenvalue weighted by atomic mass is 32.2. The van der Waals surface area contributed by atoms with Crippen molar-refractivity contribution in [2.75, 3.05) is 18.5 Å². The van der Waals surface area contributed by atoms with Gasteiger partial charge in [-0.25, -0.2) is 8.42 Å². The predicted octanol–water partition coefficient (Wildman–Crippen LogP) is 6.02. The van der Waals surface area contributed by atoms with E-state index < -0.39 is 9.84 Å². The van der Waals surface area contributed by atoms with Crippen molar-refractivity contribution in [3.63, 3.8) is 0 Å². The number of H-pyrrole nitrogens is 1. The van der Waals surface area contributed by atoms with Crippen molar-refractivity contribution in [1.82, 2.24) is 4.98 Å². The van der Waals surface area contributed by atoms with Gasteiger partial charge in [0.05, 0.1) is 28.9 Å². The Morgan fingerprint density at radius 2 is 1.59 bits per heavy atom. The van der Waals surface area contributed by atoms with Crippen LogP contribution in [-0.4, -0.2) is 37.9 Å². The quantitative estimate of drug-likeness (QED) is 0.330. The number of aromatic amines is 1. The van der Waals surface area contributed by atoms with Crippen LogP contribution < -0.4 is 5.32 Å². The molecule has 2 aliphatic rings. The van der Waals surface area contributed by atoms with Gasteiger partial charge >= 0.3 is 0 Å². The Morgan fingerprint density at radius 1 is 0.892 bits per heavy atom. The van der Waals surface area contributed by atoms with Gasteiger partial charge in [-0.3, -0.25) is 0 Å². The topological polar surface area (TPSA) is 95.0 Å². The van der Waals surface area contributed by atoms with Crippen molar-refractivity contribution in [2.45, 2.75) is 47.8 Å². The number of nitrogens with zero attached hydrogens (tertiary/aromatic N) is 1. The normalized spacial score (nSPS) is 20.3. The molecule has 37 heavy (non-hydrogen) atoms. The standard InChI is InChI=1S/C30H29N3O3S/c31-16-23-17-32-30-14-5-22(15-29(23)30)20-3-10-27(11-4-20)37(34,35)28-12-8-26(9-13-28)33-25-6-1-21(2-7-25)24-18-36-19-24/h1-7,10-11,14-15,17,24,26,28,32-33H,8-9,12-13,18-19H2. The summed E-state index contributed by atoms with van der Waals surface area (Å²) in [5, 5.41) is 13.4. The van der Waals surface area contributed by atoms with E-state index in [2.05, 4.69) is 40.6 Å². The Kier molecular flexibility index (Phi) is 6.23. The minimum absolute atomic E-state index is 0.286. The van der Waals surface area contributed by atoms with E-state index in [1.54, 1.807) is 18.3 Å². The van der Waals surface area contributed by atoms with E-state index in [4.69, 9.17) is 4.74 Å². The molecule has 7 heteroatoms. The van der Waals surface area contributed by atoms with Gasteiger partial charge in [0.25, 0.3) is 0 Å². The molecule has 6 nitrogen and oxygen atoms in total. The molecule has 0 radical (unpaired) electrons. The number of rotatable bonds is 6. The fourth-order valence-electron chi connectivity index (χ4n) is 5.46. The molecule has 2 N–H and O–H groups in total. The molecule has 6 rings (SSSR count). The molecule has 1 saturated carbocycles. The van der Waals surface area contributed by atoms with E-state index in [-0.39, 0.29) is 11.3 Å². The van der Waals surface area contributed by atoms with Crippen LogP contribution in [0, 0.1) is 11.3 Å². The molecule has 1 aromatic heterocycles. The van der Waals surface area contributed by atoms with Gasteiger partial charge in [0, 0.05) is 34.7 Å². The monoisotopic (exact) mass is 511 g/mol. The molecule has 1 saturated heterocycles. The molecule has 0 unspecified atom stereocenters. The highest BCUT2D eigenvalue weighted by Gasteiger charge is 2.32. The van der Waals surface area contributed by atoms with Gasteiger partial charge < -0.3 is 15.0 Å². The summed E-state index contributed by atoms with van der Waals surface area (Å²) in [6, 6.07) is 24.1. The lowest BCUT2D eigenvalue weighted by Gasteiger charge is -2.30. The van der Waals surface area contributed by atoms with Crippen LogP contribution in [0.1, 0.15) is 42.7 Å². The zero-order valence-electron chi connectivity index (χ0n) is 20.5. The molecule has 0 spiro atoms. The summed E-state index contributed by atoms with van der Waals surface area (Å²) in [5.74, 6) is 0.517. The first-order valence-corrected chi connectivity index (χ1v) is 14.4. The van der Waals surface area contributed by atoms with Crippen molar-refractivity contribution in [3.8, 4) is 17.2 Å². The van der Waals surface area contributed by atoms with Crippen molar-refractivity contribution in [1.29, 1.82) is 5.26 Å². The van der Waals surface area contributed by atoms with Gasteiger partial charge in [-0.15, -0.1) is 0 Å². The Labute approximate surface area is 217 Å². The van der Waals surface area contributed by atoms with Crippen LogP contribution in [0.5, 0.6) is 0 Å². The van der Waals surface area contributed by atoms with Crippen LogP contribution in [0.15, 0.2) is 77.8 Å². The zero-order chi connectivity index (χ0) is 25.4. The van der Waals surface area contributed by atoms with Gasteiger partial charge in [-0.05, 0) is 78.8 Å². The van der Waals surface area contributed by atoms with E-state index in [0.717, 1.165) is 53.8 Å². The number of benzene rings is 3. The van der Waals surface area contributed by atoms with Gasteiger partial charge in [0.2, 0.25) is 0 Å². The van der Waals surface area contributed by atoms with Crippen molar-refractivity contribution in [2.24, 2.45) is 0 Å². The van der Waals surface area contributed by atoms with E-state index in [1.807, 2.05) is 30.3 Å². The van der Waals surface area contributed by atoms with E-state index in [0.29, 0.717) is 29.2 Å². The Balaban J connectivity index is 1.10. The third-order valence-corrected chi connectivity index (χ3v) is 10.1. The smallest absolute Gasteiger partial charge is 0.181 e. The zero-order valence-corrected chi connectivity index (χ0v) is 21.3. The molecule has 2 fully saturated rings. The second-order valence-electron chi connectivity index (χ2n) is 10.1. The molecular formula is C30H29N3O3S. The van der Waals surface area contributed by atoms with Crippen molar-refractivity contribution < 1.29 is 13.2 Å². The number of fused-ring (bicyclic) bond motifs is 1. The number of hydrogen-bond acceptors (Lipinski definition) is 5. The summed E-state index contributed by atoms with van der Waals surface area (Å²) in [7, 11) is -3.39. The minimum atomic E-state index is -3.39. The van der Waals surface area contributed by atoms with Crippen LogP contribution in [0.2, 0.25) is 0 Å². The summed E-state index contributed by atoms with van der Waals surface area (Å²) in [6.45, 7) is 1.61. The van der Waals surface area contributed by atoms with Crippen LogP contribution in [-0.2, 0) is 14.6 Å². The molecular weight excluding hydrogens is 482 g/mol. The lowest BCUT2D eigenvalue weighted by molar-refractivity contribution is 0.00843. The Bertz CT molecular complexity index is 1560. The van der Waals surface area contributed by atoms with Gasteiger partial charge in [-0.1, -0.05) is 30.3 Å². The number of hydrogen-bond donors (Lipinski definition) is 2. The molecule has 1 aliphatic carbocycles. The average Bonchev–Trinajstić information content (AvgIpc) is 3.32. The van der Waals surface area contributed by atoms with E-state index >= 15 is 0 Å². The van der Waals surface area contributed by atoms with E-state index in [1.165, 1.54) is 5.56 Å². The molecule has 0 amide bonds. The van der Waals surface area contributed by atoms with Crippen molar-refractivity contribution in [3.05, 3.63) is 84.1 Å². The molecule has 4 aromatic rings. The molecule has 0 atom stereocenters. The van der Waals surface area contributed by atoms with Crippen LogP contribution in [0.3, 0.4) is 0 Å². The maximum atomic E-state index is 13.4. The lowest BCUT2D eigenvalue weighted by Crippen LogP contribution is -2.32. The second kappa shape index (κ2) is 9.70. The third-order valence-electron chi connectivity index (χ3n) is 7.82. The van der Waals surface area contributed by atoms with Crippen molar-refractivity contribution >= 4 is 26.4 Å². The Morgan fingerprint density at radius 3 is 2.24 bits per heavy atom. The SMILES string of the molecule is N#Cc1c[nH]c2ccc(-c3ccc(S(=O)(=O)C4CCC(Nc5ccc(C6COC6)cc5)CC4)cc3)cc12. The molecule has 1 aliphatic heterocycles. The predicted molar refractivity (Wildman–Crippen MR) is 145 cm³/mol. The maximum absolute atomic E-state index is 13.4. The van der Waals surface area contributed by atoms with Crippen LogP contribution in [0.4, 0.5) is 5.69 Å². The maximum Gasteiger partial charge on any atom is 0.181 e. The fraction of sp³-hybridized carbons (Fsp3) is 0.300. The molecule has 0 bridgehead atoms. The Hall–Kier alpha value is -3.60. The largest absolute Gasteiger partial charge is 0.382 e. The highest BCUT2D eigenvalue weighted by Crippen LogP contribution is 2.33. The second-order valence-corrected chi connectivity index (χ2v) is 12.3. The van der Waals surface area contributed by atoms with E-state index in [9.17, 15) is 13.7 Å². The summed E-state index contributed by atoms with van der Waals surface area (Å²) < 4.78 is 32.1. The van der Waals surface area contributed by atoms with Crippen LogP contribution in [0.25, 0.3) is 22.0 Å².